The SMILES string of the molecule is COc1cc(F)c2c(c1)C1(N=C(N)n3ccnc31)c1cc(Br)ccc1O2. The molecule has 1 atom stereocenters. The van der Waals surface area contributed by atoms with Crippen LogP contribution in [0.2, 0.25) is 0 Å². The summed E-state index contributed by atoms with van der Waals surface area (Å²) in [6.07, 6.45) is 3.37. The van der Waals surface area contributed by atoms with E-state index < -0.39 is 11.4 Å². The second-order valence-corrected chi connectivity index (χ2v) is 6.95. The van der Waals surface area contributed by atoms with Crippen LogP contribution in [0.15, 0.2) is 52.2 Å². The highest BCUT2D eigenvalue weighted by molar-refractivity contribution is 9.10. The van der Waals surface area contributed by atoms with Crippen molar-refractivity contribution in [1.82, 2.24) is 9.55 Å². The standard InChI is InChI=1S/C18H12BrFN4O2/c1-25-10-7-12-15(13(20)8-10)26-14-3-2-9(19)6-11(14)18(12)16-22-4-5-24(16)17(21)23-18/h2-8H,1H3,(H2,21,23). The minimum Gasteiger partial charge on any atom is -0.497 e. The second-order valence-electron chi connectivity index (χ2n) is 6.03. The van der Waals surface area contributed by atoms with Crippen LogP contribution >= 0.6 is 15.9 Å². The molecular formula is C18H12BrFN4O2. The van der Waals surface area contributed by atoms with Crippen LogP contribution < -0.4 is 15.2 Å². The lowest BCUT2D eigenvalue weighted by atomic mass is 9.80. The third-order valence-corrected chi connectivity index (χ3v) is 5.17. The van der Waals surface area contributed by atoms with Crippen LogP contribution in [0.3, 0.4) is 0 Å². The molecule has 130 valence electrons. The van der Waals surface area contributed by atoms with E-state index in [4.69, 9.17) is 20.2 Å². The van der Waals surface area contributed by atoms with E-state index in [1.807, 2.05) is 12.1 Å². The monoisotopic (exact) mass is 414 g/mol. The third-order valence-electron chi connectivity index (χ3n) is 4.68. The van der Waals surface area contributed by atoms with Gasteiger partial charge in [0.05, 0.1) is 7.11 Å². The highest BCUT2D eigenvalue weighted by Gasteiger charge is 2.51. The molecule has 0 radical (unpaired) electrons. The van der Waals surface area contributed by atoms with Crippen molar-refractivity contribution in [3.8, 4) is 17.2 Å². The maximum Gasteiger partial charge on any atom is 0.202 e. The van der Waals surface area contributed by atoms with Crippen LogP contribution in [0.5, 0.6) is 17.2 Å². The van der Waals surface area contributed by atoms with Gasteiger partial charge in [-0.25, -0.2) is 14.4 Å². The summed E-state index contributed by atoms with van der Waals surface area (Å²) in [5, 5.41) is 0. The molecule has 0 amide bonds. The lowest BCUT2D eigenvalue weighted by Gasteiger charge is -2.34. The predicted molar refractivity (Wildman–Crippen MR) is 96.3 cm³/mol. The number of aromatic nitrogens is 2. The van der Waals surface area contributed by atoms with Crippen molar-refractivity contribution in [1.29, 1.82) is 0 Å². The zero-order valence-electron chi connectivity index (χ0n) is 13.5. The smallest absolute Gasteiger partial charge is 0.202 e. The Balaban J connectivity index is 1.94. The Hall–Kier alpha value is -2.87. The van der Waals surface area contributed by atoms with Gasteiger partial charge in [0.1, 0.15) is 11.5 Å². The first-order chi connectivity index (χ1) is 12.5. The lowest BCUT2D eigenvalue weighted by molar-refractivity contribution is 0.375. The number of hydrogen-bond acceptors (Lipinski definition) is 5. The fourth-order valence-corrected chi connectivity index (χ4v) is 3.94. The molecule has 8 heteroatoms. The first-order valence-corrected chi connectivity index (χ1v) is 8.59. The number of methoxy groups -OCH3 is 1. The summed E-state index contributed by atoms with van der Waals surface area (Å²) in [5.41, 5.74) is 6.25. The van der Waals surface area contributed by atoms with Gasteiger partial charge in [-0.05, 0) is 24.3 Å². The Kier molecular flexibility index (Phi) is 3.00. The van der Waals surface area contributed by atoms with Gasteiger partial charge in [0, 0.05) is 34.1 Å². The van der Waals surface area contributed by atoms with Crippen molar-refractivity contribution < 1.29 is 13.9 Å². The Labute approximate surface area is 156 Å². The minimum atomic E-state index is -1.12. The average molecular weight is 415 g/mol. The number of ether oxygens (including phenoxy) is 2. The molecule has 0 bridgehead atoms. The molecule has 2 aromatic carbocycles. The fraction of sp³-hybridized carbons (Fsp3) is 0.111. The van der Waals surface area contributed by atoms with Crippen molar-refractivity contribution in [2.45, 2.75) is 5.54 Å². The molecule has 5 rings (SSSR count). The molecule has 2 aliphatic heterocycles. The van der Waals surface area contributed by atoms with Crippen LogP contribution in [-0.2, 0) is 5.54 Å². The molecular weight excluding hydrogens is 403 g/mol. The van der Waals surface area contributed by atoms with E-state index in [1.165, 1.54) is 13.2 Å². The predicted octanol–water partition coefficient (Wildman–Crippen LogP) is 3.37. The molecule has 3 aromatic rings. The van der Waals surface area contributed by atoms with Gasteiger partial charge < -0.3 is 15.2 Å². The summed E-state index contributed by atoms with van der Waals surface area (Å²) in [6, 6.07) is 8.48. The topological polar surface area (TPSA) is 74.7 Å². The van der Waals surface area contributed by atoms with Crippen molar-refractivity contribution in [2.24, 2.45) is 10.7 Å². The summed E-state index contributed by atoms with van der Waals surface area (Å²) < 4.78 is 28.5. The molecule has 1 aromatic heterocycles. The fourth-order valence-electron chi connectivity index (χ4n) is 3.58. The van der Waals surface area contributed by atoms with E-state index in [2.05, 4.69) is 20.9 Å². The first kappa shape index (κ1) is 15.4. The van der Waals surface area contributed by atoms with Crippen LogP contribution in [-0.4, -0.2) is 22.6 Å². The summed E-state index contributed by atoms with van der Waals surface area (Å²) >= 11 is 3.49. The quantitative estimate of drug-likeness (QED) is 0.662. The number of hydrogen-bond donors (Lipinski definition) is 1. The van der Waals surface area contributed by atoms with Crippen molar-refractivity contribution >= 4 is 21.9 Å². The van der Waals surface area contributed by atoms with Crippen molar-refractivity contribution in [3.63, 3.8) is 0 Å². The zero-order valence-corrected chi connectivity index (χ0v) is 15.1. The number of imidazole rings is 1. The molecule has 2 aliphatic rings. The molecule has 26 heavy (non-hydrogen) atoms. The molecule has 0 aliphatic carbocycles. The third kappa shape index (κ3) is 1.79. The molecule has 0 saturated heterocycles. The molecule has 0 fully saturated rings. The first-order valence-electron chi connectivity index (χ1n) is 7.80. The van der Waals surface area contributed by atoms with Gasteiger partial charge in [0.25, 0.3) is 0 Å². The molecule has 0 saturated carbocycles. The molecule has 1 unspecified atom stereocenters. The zero-order chi connectivity index (χ0) is 18.1. The second kappa shape index (κ2) is 5.07. The Morgan fingerprint density at radius 2 is 2.12 bits per heavy atom. The van der Waals surface area contributed by atoms with Gasteiger partial charge in [-0.2, -0.15) is 0 Å². The Morgan fingerprint density at radius 1 is 1.27 bits per heavy atom. The Morgan fingerprint density at radius 3 is 2.92 bits per heavy atom. The number of benzene rings is 2. The molecule has 2 N–H and O–H groups in total. The summed E-state index contributed by atoms with van der Waals surface area (Å²) in [6.45, 7) is 0. The highest BCUT2D eigenvalue weighted by Crippen LogP contribution is 2.55. The summed E-state index contributed by atoms with van der Waals surface area (Å²) in [4.78, 5) is 9.19. The number of aliphatic imine (C=N–C) groups is 1. The highest BCUT2D eigenvalue weighted by atomic mass is 79.9. The van der Waals surface area contributed by atoms with Crippen LogP contribution in [0, 0.1) is 5.82 Å². The van der Waals surface area contributed by atoms with Gasteiger partial charge in [0.15, 0.2) is 22.9 Å². The van der Waals surface area contributed by atoms with Gasteiger partial charge >= 0.3 is 0 Å². The van der Waals surface area contributed by atoms with Gasteiger partial charge in [-0.1, -0.05) is 15.9 Å². The van der Waals surface area contributed by atoms with Crippen molar-refractivity contribution in [2.75, 3.05) is 7.11 Å². The number of fused-ring (bicyclic) bond motifs is 6. The van der Waals surface area contributed by atoms with E-state index in [9.17, 15) is 4.39 Å². The van der Waals surface area contributed by atoms with Gasteiger partial charge in [-0.15, -0.1) is 0 Å². The van der Waals surface area contributed by atoms with Crippen molar-refractivity contribution in [3.05, 3.63) is 70.0 Å². The Bertz CT molecular complexity index is 1110. The van der Waals surface area contributed by atoms with Gasteiger partial charge in [-0.3, -0.25) is 4.57 Å². The molecule has 1 spiro atoms. The maximum atomic E-state index is 14.8. The normalized spacial score (nSPS) is 19.4. The summed E-state index contributed by atoms with van der Waals surface area (Å²) in [5.74, 6) is 1.27. The minimum absolute atomic E-state index is 0.0913. The lowest BCUT2D eigenvalue weighted by Crippen LogP contribution is -2.31. The van der Waals surface area contributed by atoms with Gasteiger partial charge in [0.2, 0.25) is 5.96 Å². The molecule has 6 nitrogen and oxygen atoms in total. The largest absolute Gasteiger partial charge is 0.497 e. The van der Waals surface area contributed by atoms with E-state index in [1.54, 1.807) is 29.1 Å². The maximum absolute atomic E-state index is 14.8. The van der Waals surface area contributed by atoms with Crippen LogP contribution in [0.25, 0.3) is 0 Å². The van der Waals surface area contributed by atoms with E-state index in [-0.39, 0.29) is 11.7 Å². The van der Waals surface area contributed by atoms with E-state index >= 15 is 0 Å². The number of rotatable bonds is 1. The van der Waals surface area contributed by atoms with E-state index in [0.717, 1.165) is 10.0 Å². The summed E-state index contributed by atoms with van der Waals surface area (Å²) in [7, 11) is 1.48. The number of halogens is 2. The average Bonchev–Trinajstić information content (AvgIpc) is 3.21. The van der Waals surface area contributed by atoms with Crippen LogP contribution in [0.1, 0.15) is 17.0 Å². The molecule has 3 heterocycles. The number of nitrogens with zero attached hydrogens (tertiary/aromatic N) is 3. The number of nitrogens with two attached hydrogens (primary N) is 1. The van der Waals surface area contributed by atoms with Crippen LogP contribution in [0.4, 0.5) is 4.39 Å². The van der Waals surface area contributed by atoms with E-state index in [0.29, 0.717) is 22.9 Å².